The first-order valence-corrected chi connectivity index (χ1v) is 8.09. The van der Waals surface area contributed by atoms with Crippen LogP contribution in [-0.4, -0.2) is 48.0 Å². The van der Waals surface area contributed by atoms with Crippen molar-refractivity contribution in [2.24, 2.45) is 5.92 Å². The molecule has 0 spiro atoms. The van der Waals surface area contributed by atoms with Gasteiger partial charge in [0, 0.05) is 18.6 Å². The first-order valence-electron chi connectivity index (χ1n) is 8.09. The Hall–Kier alpha value is -1.43. The van der Waals surface area contributed by atoms with Gasteiger partial charge in [-0.25, -0.2) is 0 Å². The van der Waals surface area contributed by atoms with Crippen molar-refractivity contribution in [3.63, 3.8) is 0 Å². The zero-order valence-electron chi connectivity index (χ0n) is 15.9. The van der Waals surface area contributed by atoms with E-state index >= 15 is 0 Å². The van der Waals surface area contributed by atoms with E-state index in [1.807, 2.05) is 25.1 Å². The van der Waals surface area contributed by atoms with Crippen molar-refractivity contribution < 1.29 is 24.5 Å². The first-order chi connectivity index (χ1) is 11.0. The van der Waals surface area contributed by atoms with E-state index in [4.69, 9.17) is 19.7 Å². The third-order valence-electron chi connectivity index (χ3n) is 4.08. The minimum atomic E-state index is -1.01. The summed E-state index contributed by atoms with van der Waals surface area (Å²) in [6, 6.07) is 7.23. The number of benzene rings is 1. The quantitative estimate of drug-likeness (QED) is 0.746. The van der Waals surface area contributed by atoms with Crippen LogP contribution in [0.3, 0.4) is 0 Å². The van der Waals surface area contributed by atoms with E-state index in [9.17, 15) is 4.79 Å². The van der Waals surface area contributed by atoms with Crippen LogP contribution in [0.1, 0.15) is 51.4 Å². The number of aliphatic hydroxyl groups is 2. The normalized spacial score (nSPS) is 12.9. The van der Waals surface area contributed by atoms with Crippen LogP contribution >= 0.6 is 0 Å². The van der Waals surface area contributed by atoms with Crippen LogP contribution in [0.4, 0.5) is 0 Å². The van der Waals surface area contributed by atoms with Gasteiger partial charge < -0.3 is 19.7 Å². The summed E-state index contributed by atoms with van der Waals surface area (Å²) in [4.78, 5) is 12.1. The Balaban J connectivity index is 0.000000561. The molecule has 1 aromatic carbocycles. The molecule has 0 fully saturated rings. The fraction of sp³-hybridized carbons (Fsp3) is 0.632. The molecule has 0 aliphatic carbocycles. The van der Waals surface area contributed by atoms with Crippen molar-refractivity contribution in [2.75, 3.05) is 20.8 Å². The van der Waals surface area contributed by atoms with E-state index < -0.39 is 11.2 Å². The number of carbonyl (C=O) groups is 1. The highest BCUT2D eigenvalue weighted by Crippen LogP contribution is 2.19. The van der Waals surface area contributed by atoms with Crippen LogP contribution in [0.15, 0.2) is 24.3 Å². The van der Waals surface area contributed by atoms with E-state index in [0.29, 0.717) is 17.9 Å². The van der Waals surface area contributed by atoms with Crippen molar-refractivity contribution in [1.82, 2.24) is 0 Å². The summed E-state index contributed by atoms with van der Waals surface area (Å²) in [5, 5.41) is 18.2. The number of Topliss-reactive ketones (excluding diaryl/α,β-unsaturated/α-hetero) is 1. The Morgan fingerprint density at radius 3 is 2.04 bits per heavy atom. The Morgan fingerprint density at radius 2 is 1.67 bits per heavy atom. The van der Waals surface area contributed by atoms with Gasteiger partial charge in [0.2, 0.25) is 0 Å². The van der Waals surface area contributed by atoms with Crippen LogP contribution in [0.2, 0.25) is 0 Å². The second kappa shape index (κ2) is 9.77. The van der Waals surface area contributed by atoms with Gasteiger partial charge in [-0.05, 0) is 46.2 Å². The highest BCUT2D eigenvalue weighted by molar-refractivity contribution is 5.98. The van der Waals surface area contributed by atoms with Gasteiger partial charge in [0.15, 0.2) is 5.78 Å². The van der Waals surface area contributed by atoms with Crippen molar-refractivity contribution in [3.8, 4) is 5.75 Å². The molecule has 5 nitrogen and oxygen atoms in total. The van der Waals surface area contributed by atoms with Gasteiger partial charge in [0.25, 0.3) is 0 Å². The first kappa shape index (κ1) is 22.6. The Bertz CT molecular complexity index is 485. The lowest BCUT2D eigenvalue weighted by Crippen LogP contribution is -2.44. The van der Waals surface area contributed by atoms with Gasteiger partial charge >= 0.3 is 0 Å². The second-order valence-corrected chi connectivity index (χ2v) is 6.77. The van der Waals surface area contributed by atoms with Crippen molar-refractivity contribution in [1.29, 1.82) is 0 Å². The topological polar surface area (TPSA) is 76.0 Å². The average Bonchev–Trinajstić information content (AvgIpc) is 2.50. The number of rotatable bonds is 7. The molecule has 0 saturated heterocycles. The lowest BCUT2D eigenvalue weighted by Gasteiger charge is -2.31. The minimum Gasteiger partial charge on any atom is -0.497 e. The largest absolute Gasteiger partial charge is 0.497 e. The second-order valence-electron chi connectivity index (χ2n) is 6.77. The maximum Gasteiger partial charge on any atom is 0.168 e. The summed E-state index contributed by atoms with van der Waals surface area (Å²) >= 11 is 0. The molecule has 5 heteroatoms. The summed E-state index contributed by atoms with van der Waals surface area (Å²) in [6.45, 7) is 8.76. The molecule has 0 amide bonds. The molecule has 0 heterocycles. The van der Waals surface area contributed by atoms with Crippen molar-refractivity contribution >= 4 is 5.78 Å². The predicted octanol–water partition coefficient (Wildman–Crippen LogP) is 3.08. The van der Waals surface area contributed by atoms with Crippen LogP contribution < -0.4 is 4.74 Å². The number of ketones is 1. The van der Waals surface area contributed by atoms with E-state index in [-0.39, 0.29) is 11.7 Å². The molecule has 1 unspecified atom stereocenters. The molecule has 1 rings (SSSR count). The SMILES string of the molecule is CC(C)(O)C(C)(C)O.CCC(COC)C(=O)c1cccc(OC)c1. The van der Waals surface area contributed by atoms with Crippen LogP contribution in [0.25, 0.3) is 0 Å². The third kappa shape index (κ3) is 7.43. The van der Waals surface area contributed by atoms with Crippen molar-refractivity contribution in [2.45, 2.75) is 52.2 Å². The molecule has 24 heavy (non-hydrogen) atoms. The molecule has 2 N–H and O–H groups in total. The predicted molar refractivity (Wildman–Crippen MR) is 95.6 cm³/mol. The van der Waals surface area contributed by atoms with Gasteiger partial charge in [-0.1, -0.05) is 19.1 Å². The van der Waals surface area contributed by atoms with E-state index in [1.54, 1.807) is 48.0 Å². The molecule has 0 aliphatic heterocycles. The van der Waals surface area contributed by atoms with E-state index in [2.05, 4.69) is 0 Å². The molecule has 1 atom stereocenters. The van der Waals surface area contributed by atoms with Gasteiger partial charge in [0.1, 0.15) is 5.75 Å². The fourth-order valence-electron chi connectivity index (χ4n) is 1.59. The maximum atomic E-state index is 12.1. The van der Waals surface area contributed by atoms with Gasteiger partial charge in [-0.15, -0.1) is 0 Å². The number of hydrogen-bond donors (Lipinski definition) is 2. The molecule has 0 saturated carbocycles. The fourth-order valence-corrected chi connectivity index (χ4v) is 1.59. The van der Waals surface area contributed by atoms with Crippen LogP contribution in [0.5, 0.6) is 5.75 Å². The minimum absolute atomic E-state index is 0.0721. The highest BCUT2D eigenvalue weighted by atomic mass is 16.5. The van der Waals surface area contributed by atoms with Crippen LogP contribution in [-0.2, 0) is 4.74 Å². The number of hydrogen-bond acceptors (Lipinski definition) is 5. The lowest BCUT2D eigenvalue weighted by molar-refractivity contribution is -0.107. The molecule has 0 aliphatic rings. The molecule has 0 aromatic heterocycles. The summed E-state index contributed by atoms with van der Waals surface area (Å²) in [5.41, 5.74) is -1.33. The number of methoxy groups -OCH3 is 2. The van der Waals surface area contributed by atoms with E-state index in [1.165, 1.54) is 0 Å². The monoisotopic (exact) mass is 340 g/mol. The Morgan fingerprint density at radius 1 is 1.12 bits per heavy atom. The summed E-state index contributed by atoms with van der Waals surface area (Å²) < 4.78 is 10.1. The van der Waals surface area contributed by atoms with Crippen LogP contribution in [0, 0.1) is 5.92 Å². The van der Waals surface area contributed by atoms with Gasteiger partial charge in [-0.2, -0.15) is 0 Å². The molecule has 0 radical (unpaired) electrons. The number of carbonyl (C=O) groups excluding carboxylic acids is 1. The van der Waals surface area contributed by atoms with E-state index in [0.717, 1.165) is 6.42 Å². The summed E-state index contributed by atoms with van der Waals surface area (Å²) in [5.74, 6) is 0.749. The average molecular weight is 340 g/mol. The summed E-state index contributed by atoms with van der Waals surface area (Å²) in [7, 11) is 3.21. The Kier molecular flexibility index (Phi) is 9.18. The van der Waals surface area contributed by atoms with Gasteiger partial charge in [0.05, 0.1) is 24.9 Å². The Labute approximate surface area is 145 Å². The standard InChI is InChI=1S/C13H18O3.C6H14O2/c1-4-10(9-15-2)13(14)11-6-5-7-12(8-11)16-3;1-5(2,7)6(3,4)8/h5-8,10H,4,9H2,1-3H3;7-8H,1-4H3. The summed E-state index contributed by atoms with van der Waals surface area (Å²) in [6.07, 6.45) is 0.782. The van der Waals surface area contributed by atoms with Gasteiger partial charge in [-0.3, -0.25) is 4.79 Å². The molecular weight excluding hydrogens is 308 g/mol. The molecule has 138 valence electrons. The lowest BCUT2D eigenvalue weighted by atomic mass is 9.90. The number of ether oxygens (including phenoxy) is 2. The zero-order valence-corrected chi connectivity index (χ0v) is 15.9. The smallest absolute Gasteiger partial charge is 0.168 e. The maximum absolute atomic E-state index is 12.1. The highest BCUT2D eigenvalue weighted by Gasteiger charge is 2.31. The molecular formula is C19H32O5. The third-order valence-corrected chi connectivity index (χ3v) is 4.08. The zero-order chi connectivity index (χ0) is 19.0. The molecule has 1 aromatic rings. The van der Waals surface area contributed by atoms with Crippen molar-refractivity contribution in [3.05, 3.63) is 29.8 Å². The molecule has 0 bridgehead atoms.